The maximum Gasteiger partial charge on any atom is 0.326 e. The summed E-state index contributed by atoms with van der Waals surface area (Å²) in [6, 6.07) is 3.42. The number of aromatic hydroxyl groups is 1. The van der Waals surface area contributed by atoms with E-state index in [0.29, 0.717) is 19.1 Å². The van der Waals surface area contributed by atoms with Gasteiger partial charge in [-0.25, -0.2) is 0 Å². The molecule has 2 rings (SSSR count). The Morgan fingerprint density at radius 2 is 1.96 bits per heavy atom. The molecular formula is C16H15I2NO5S. The zero-order valence-electron chi connectivity index (χ0n) is 13.4. The molecule has 0 unspecified atom stereocenters. The second-order valence-electron chi connectivity index (χ2n) is 5.31. The summed E-state index contributed by atoms with van der Waals surface area (Å²) in [5, 5.41) is 9.30. The predicted octanol–water partition coefficient (Wildman–Crippen LogP) is 3.98. The number of phenols is 1. The minimum Gasteiger partial charge on any atom is -0.506 e. The van der Waals surface area contributed by atoms with Crippen LogP contribution in [-0.2, 0) is 14.3 Å². The Balaban J connectivity index is 2.16. The molecule has 134 valence electrons. The van der Waals surface area contributed by atoms with Crippen LogP contribution in [0.5, 0.6) is 5.75 Å². The molecular weight excluding hydrogens is 572 g/mol. The van der Waals surface area contributed by atoms with E-state index >= 15 is 0 Å². The second-order valence-corrected chi connectivity index (χ2v) is 8.63. The van der Waals surface area contributed by atoms with E-state index in [4.69, 9.17) is 4.74 Å². The molecule has 0 aromatic heterocycles. The van der Waals surface area contributed by atoms with Crippen molar-refractivity contribution in [2.75, 3.05) is 6.54 Å². The Morgan fingerprint density at radius 3 is 2.52 bits per heavy atom. The molecule has 0 spiro atoms. The first-order chi connectivity index (χ1) is 11.7. The molecule has 0 saturated carbocycles. The molecule has 1 heterocycles. The normalized spacial score (nSPS) is 17.3. The van der Waals surface area contributed by atoms with Crippen molar-refractivity contribution >= 4 is 80.1 Å². The number of carbonyl (C=O) groups excluding carboxylic acids is 3. The van der Waals surface area contributed by atoms with Gasteiger partial charge in [-0.3, -0.25) is 19.3 Å². The predicted molar refractivity (Wildman–Crippen MR) is 112 cm³/mol. The third kappa shape index (κ3) is 5.09. The topological polar surface area (TPSA) is 83.9 Å². The van der Waals surface area contributed by atoms with Crippen molar-refractivity contribution in [3.05, 3.63) is 29.7 Å². The molecule has 0 bridgehead atoms. The van der Waals surface area contributed by atoms with Gasteiger partial charge in [-0.2, -0.15) is 0 Å². The Kier molecular flexibility index (Phi) is 7.14. The first kappa shape index (κ1) is 20.5. The highest BCUT2D eigenvalue weighted by molar-refractivity contribution is 14.1. The van der Waals surface area contributed by atoms with E-state index in [1.807, 2.05) is 52.1 Å². The number of phenolic OH excluding ortho intramolecular Hbond substituents is 1. The molecule has 2 amide bonds. The summed E-state index contributed by atoms with van der Waals surface area (Å²) in [6.07, 6.45) is 1.98. The van der Waals surface area contributed by atoms with Gasteiger partial charge >= 0.3 is 5.97 Å². The number of thioether (sulfide) groups is 1. The van der Waals surface area contributed by atoms with E-state index in [1.54, 1.807) is 25.1 Å². The Morgan fingerprint density at radius 1 is 1.36 bits per heavy atom. The highest BCUT2D eigenvalue weighted by Crippen LogP contribution is 2.34. The number of nitrogens with zero attached hydrogens (tertiary/aromatic N) is 1. The molecule has 1 aliphatic rings. The summed E-state index contributed by atoms with van der Waals surface area (Å²) in [7, 11) is 0. The van der Waals surface area contributed by atoms with Crippen molar-refractivity contribution < 1.29 is 24.2 Å². The summed E-state index contributed by atoms with van der Waals surface area (Å²) in [6.45, 7) is 3.23. The zero-order chi connectivity index (χ0) is 18.7. The standard InChI is InChI=1S/C16H15I2NO5S/c1-3-8(2)24-13(20)7-19-15(22)12(25-16(19)23)6-9-4-10(17)14(21)11(18)5-9/h4-6,8,21H,3,7H2,1-2H3/b12-6+/t8-/m0/s1. The van der Waals surface area contributed by atoms with E-state index in [-0.39, 0.29) is 16.8 Å². The number of benzene rings is 1. The SMILES string of the molecule is CC[C@H](C)OC(=O)CN1C(=O)S/C(=C/c2cc(I)c(O)c(I)c2)C1=O. The average molecular weight is 587 g/mol. The van der Waals surface area contributed by atoms with Crippen LogP contribution in [0.15, 0.2) is 17.0 Å². The van der Waals surface area contributed by atoms with Crippen molar-refractivity contribution in [2.24, 2.45) is 0 Å². The number of halogens is 2. The van der Waals surface area contributed by atoms with Crippen LogP contribution in [0.2, 0.25) is 0 Å². The van der Waals surface area contributed by atoms with Gasteiger partial charge in [0.2, 0.25) is 0 Å². The van der Waals surface area contributed by atoms with Crippen molar-refractivity contribution in [1.82, 2.24) is 4.90 Å². The molecule has 1 aliphatic heterocycles. The van der Waals surface area contributed by atoms with Crippen LogP contribution in [0.4, 0.5) is 4.79 Å². The lowest BCUT2D eigenvalue weighted by Crippen LogP contribution is -2.35. The van der Waals surface area contributed by atoms with Gasteiger partial charge in [-0.1, -0.05) is 6.92 Å². The monoisotopic (exact) mass is 587 g/mol. The van der Waals surface area contributed by atoms with Gasteiger partial charge in [-0.15, -0.1) is 0 Å². The number of hydrogen-bond acceptors (Lipinski definition) is 6. The lowest BCUT2D eigenvalue weighted by Gasteiger charge is -2.14. The summed E-state index contributed by atoms with van der Waals surface area (Å²) in [5.74, 6) is -0.944. The number of hydrogen-bond donors (Lipinski definition) is 1. The van der Waals surface area contributed by atoms with E-state index in [0.717, 1.165) is 16.7 Å². The maximum atomic E-state index is 12.4. The van der Waals surface area contributed by atoms with Crippen LogP contribution >= 0.6 is 56.9 Å². The average Bonchev–Trinajstić information content (AvgIpc) is 2.79. The number of rotatable bonds is 5. The lowest BCUT2D eigenvalue weighted by molar-refractivity contribution is -0.150. The quantitative estimate of drug-likeness (QED) is 0.319. The van der Waals surface area contributed by atoms with E-state index in [1.165, 1.54) is 0 Å². The number of carbonyl (C=O) groups is 3. The highest BCUT2D eigenvalue weighted by Gasteiger charge is 2.36. The Labute approximate surface area is 176 Å². The molecule has 1 aromatic carbocycles. The molecule has 0 radical (unpaired) electrons. The largest absolute Gasteiger partial charge is 0.506 e. The van der Waals surface area contributed by atoms with Crippen LogP contribution < -0.4 is 0 Å². The molecule has 25 heavy (non-hydrogen) atoms. The van der Waals surface area contributed by atoms with Crippen molar-refractivity contribution in [2.45, 2.75) is 26.4 Å². The summed E-state index contributed by atoms with van der Waals surface area (Å²) >= 11 is 4.77. The first-order valence-electron chi connectivity index (χ1n) is 7.35. The molecule has 1 aromatic rings. The molecule has 1 saturated heterocycles. The first-order valence-corrected chi connectivity index (χ1v) is 10.3. The van der Waals surface area contributed by atoms with Gasteiger partial charge in [0.05, 0.1) is 18.1 Å². The number of imide groups is 1. The molecule has 6 nitrogen and oxygen atoms in total. The van der Waals surface area contributed by atoms with Gasteiger partial charge in [0.25, 0.3) is 11.1 Å². The molecule has 0 aliphatic carbocycles. The number of esters is 1. The van der Waals surface area contributed by atoms with Crippen LogP contribution in [-0.4, -0.2) is 39.8 Å². The number of ether oxygens (including phenoxy) is 1. The van der Waals surface area contributed by atoms with Crippen LogP contribution in [0.25, 0.3) is 6.08 Å². The fourth-order valence-electron chi connectivity index (χ4n) is 1.93. The van der Waals surface area contributed by atoms with Gasteiger partial charge in [0, 0.05) is 0 Å². The third-order valence-corrected chi connectivity index (χ3v) is 5.96. The number of amides is 2. The fourth-order valence-corrected chi connectivity index (χ4v) is 4.58. The summed E-state index contributed by atoms with van der Waals surface area (Å²) < 4.78 is 6.40. The summed E-state index contributed by atoms with van der Waals surface area (Å²) in [5.41, 5.74) is 0.694. The molecule has 1 fully saturated rings. The summed E-state index contributed by atoms with van der Waals surface area (Å²) in [4.78, 5) is 37.4. The molecule has 1 N–H and O–H groups in total. The minimum atomic E-state index is -0.605. The zero-order valence-corrected chi connectivity index (χ0v) is 18.5. The van der Waals surface area contributed by atoms with E-state index < -0.39 is 23.7 Å². The van der Waals surface area contributed by atoms with Gasteiger partial charge in [-0.05, 0) is 94.1 Å². The van der Waals surface area contributed by atoms with Crippen molar-refractivity contribution in [3.63, 3.8) is 0 Å². The van der Waals surface area contributed by atoms with Crippen LogP contribution in [0.3, 0.4) is 0 Å². The van der Waals surface area contributed by atoms with Crippen molar-refractivity contribution in [3.8, 4) is 5.75 Å². The van der Waals surface area contributed by atoms with Gasteiger partial charge in [0.1, 0.15) is 12.3 Å². The van der Waals surface area contributed by atoms with Gasteiger partial charge in [0.15, 0.2) is 0 Å². The molecule has 1 atom stereocenters. The van der Waals surface area contributed by atoms with Crippen LogP contribution in [0, 0.1) is 7.14 Å². The van der Waals surface area contributed by atoms with Gasteiger partial charge < -0.3 is 9.84 Å². The Hall–Kier alpha value is -0.820. The minimum absolute atomic E-state index is 0.180. The maximum absolute atomic E-state index is 12.4. The second kappa shape index (κ2) is 8.71. The van der Waals surface area contributed by atoms with Crippen molar-refractivity contribution in [1.29, 1.82) is 0 Å². The lowest BCUT2D eigenvalue weighted by atomic mass is 10.2. The smallest absolute Gasteiger partial charge is 0.326 e. The fraction of sp³-hybridized carbons (Fsp3) is 0.312. The van der Waals surface area contributed by atoms with Crippen LogP contribution in [0.1, 0.15) is 25.8 Å². The van der Waals surface area contributed by atoms with E-state index in [9.17, 15) is 19.5 Å². The Bertz CT molecular complexity index is 742. The highest BCUT2D eigenvalue weighted by atomic mass is 127. The third-order valence-electron chi connectivity index (χ3n) is 3.41. The molecule has 9 heteroatoms. The van der Waals surface area contributed by atoms with E-state index in [2.05, 4.69) is 0 Å².